The first-order valence-corrected chi connectivity index (χ1v) is 6.87. The molecule has 0 amide bonds. The van der Waals surface area contributed by atoms with Gasteiger partial charge in [0.1, 0.15) is 5.75 Å². The van der Waals surface area contributed by atoms with Crippen molar-refractivity contribution in [3.63, 3.8) is 0 Å². The monoisotopic (exact) mass is 249 g/mol. The van der Waals surface area contributed by atoms with Crippen molar-refractivity contribution in [1.82, 2.24) is 5.32 Å². The average Bonchev–Trinajstić information content (AvgIpc) is 2.77. The van der Waals surface area contributed by atoms with Crippen LogP contribution in [0.4, 0.5) is 0 Å². The Hall–Kier alpha value is -1.06. The van der Waals surface area contributed by atoms with Gasteiger partial charge in [-0.15, -0.1) is 0 Å². The maximum Gasteiger partial charge on any atom is 0.119 e. The van der Waals surface area contributed by atoms with Gasteiger partial charge in [0.2, 0.25) is 0 Å². The van der Waals surface area contributed by atoms with Crippen molar-refractivity contribution in [3.05, 3.63) is 29.8 Å². The fourth-order valence-corrected chi connectivity index (χ4v) is 2.56. The summed E-state index contributed by atoms with van der Waals surface area (Å²) in [6, 6.07) is 8.10. The molecule has 18 heavy (non-hydrogen) atoms. The Kier molecular flexibility index (Phi) is 4.61. The average molecular weight is 249 g/mol. The maximum absolute atomic E-state index is 10.2. The third-order valence-corrected chi connectivity index (χ3v) is 3.53. The van der Waals surface area contributed by atoms with E-state index in [1.54, 1.807) is 0 Å². The lowest BCUT2D eigenvalue weighted by molar-refractivity contribution is 0.0475. The van der Waals surface area contributed by atoms with Crippen molar-refractivity contribution in [3.8, 4) is 5.75 Å². The van der Waals surface area contributed by atoms with Crippen LogP contribution in [0.15, 0.2) is 24.3 Å². The number of aliphatic hydroxyl groups is 1. The highest BCUT2D eigenvalue weighted by Crippen LogP contribution is 2.28. The normalized spacial score (nSPS) is 17.9. The van der Waals surface area contributed by atoms with Crippen LogP contribution in [-0.4, -0.2) is 23.9 Å². The van der Waals surface area contributed by atoms with E-state index in [0.29, 0.717) is 13.2 Å². The smallest absolute Gasteiger partial charge is 0.119 e. The molecule has 1 aromatic rings. The Morgan fingerprint density at radius 1 is 1.33 bits per heavy atom. The van der Waals surface area contributed by atoms with Crippen LogP contribution >= 0.6 is 0 Å². The number of nitrogens with one attached hydrogen (secondary N) is 1. The van der Waals surface area contributed by atoms with E-state index in [2.05, 4.69) is 17.4 Å². The van der Waals surface area contributed by atoms with Gasteiger partial charge in [0.25, 0.3) is 0 Å². The molecule has 1 fully saturated rings. The molecule has 1 aliphatic carbocycles. The summed E-state index contributed by atoms with van der Waals surface area (Å²) in [7, 11) is 0. The molecule has 0 bridgehead atoms. The lowest BCUT2D eigenvalue weighted by Crippen LogP contribution is -2.37. The minimum absolute atomic E-state index is 0.475. The van der Waals surface area contributed by atoms with E-state index in [-0.39, 0.29) is 0 Å². The lowest BCUT2D eigenvalue weighted by Gasteiger charge is -2.22. The lowest BCUT2D eigenvalue weighted by atomic mass is 10.0. The summed E-state index contributed by atoms with van der Waals surface area (Å²) in [5.74, 6) is 0.913. The molecule has 0 aromatic heterocycles. The molecule has 0 heterocycles. The Labute approximate surface area is 109 Å². The number of rotatable bonds is 6. The molecule has 0 radical (unpaired) electrons. The van der Waals surface area contributed by atoms with Gasteiger partial charge in [0.05, 0.1) is 12.2 Å². The van der Waals surface area contributed by atoms with Gasteiger partial charge in [-0.05, 0) is 37.5 Å². The van der Waals surface area contributed by atoms with E-state index in [1.807, 2.05) is 19.1 Å². The van der Waals surface area contributed by atoms with E-state index >= 15 is 0 Å². The van der Waals surface area contributed by atoms with E-state index in [0.717, 1.165) is 38.0 Å². The van der Waals surface area contributed by atoms with E-state index in [4.69, 9.17) is 4.74 Å². The molecule has 2 N–H and O–H groups in total. The summed E-state index contributed by atoms with van der Waals surface area (Å²) in [4.78, 5) is 0. The number of ether oxygens (including phenoxy) is 1. The van der Waals surface area contributed by atoms with Crippen molar-refractivity contribution < 1.29 is 9.84 Å². The zero-order chi connectivity index (χ0) is 12.8. The van der Waals surface area contributed by atoms with Crippen LogP contribution in [-0.2, 0) is 6.54 Å². The van der Waals surface area contributed by atoms with Crippen LogP contribution in [0.5, 0.6) is 5.75 Å². The Morgan fingerprint density at radius 3 is 2.83 bits per heavy atom. The zero-order valence-corrected chi connectivity index (χ0v) is 11.1. The second-order valence-corrected chi connectivity index (χ2v) is 5.12. The molecule has 0 saturated heterocycles. The third kappa shape index (κ3) is 3.72. The van der Waals surface area contributed by atoms with E-state index < -0.39 is 5.60 Å². The first-order valence-electron chi connectivity index (χ1n) is 6.87. The Bertz CT molecular complexity index is 373. The van der Waals surface area contributed by atoms with Gasteiger partial charge >= 0.3 is 0 Å². The quantitative estimate of drug-likeness (QED) is 0.814. The van der Waals surface area contributed by atoms with Gasteiger partial charge in [-0.3, -0.25) is 0 Å². The van der Waals surface area contributed by atoms with Gasteiger partial charge in [-0.2, -0.15) is 0 Å². The molecule has 0 spiro atoms. The molecule has 0 aliphatic heterocycles. The molecule has 1 aromatic carbocycles. The summed E-state index contributed by atoms with van der Waals surface area (Å²) in [6.07, 6.45) is 4.16. The van der Waals surface area contributed by atoms with Crippen LogP contribution in [0.25, 0.3) is 0 Å². The highest BCUT2D eigenvalue weighted by atomic mass is 16.5. The Morgan fingerprint density at radius 2 is 2.11 bits per heavy atom. The van der Waals surface area contributed by atoms with Crippen LogP contribution in [0.1, 0.15) is 38.2 Å². The molecular formula is C15H23NO2. The van der Waals surface area contributed by atoms with Gasteiger partial charge in [0, 0.05) is 13.1 Å². The minimum Gasteiger partial charge on any atom is -0.494 e. The fraction of sp³-hybridized carbons (Fsp3) is 0.600. The summed E-state index contributed by atoms with van der Waals surface area (Å²) < 4.78 is 5.47. The van der Waals surface area contributed by atoms with E-state index in [1.165, 1.54) is 5.56 Å². The summed E-state index contributed by atoms with van der Waals surface area (Å²) >= 11 is 0. The van der Waals surface area contributed by atoms with Crippen molar-refractivity contribution >= 4 is 0 Å². The number of benzene rings is 1. The summed E-state index contributed by atoms with van der Waals surface area (Å²) in [5.41, 5.74) is 0.722. The first kappa shape index (κ1) is 13.4. The fourth-order valence-electron chi connectivity index (χ4n) is 2.56. The van der Waals surface area contributed by atoms with E-state index in [9.17, 15) is 5.11 Å². The summed E-state index contributed by atoms with van der Waals surface area (Å²) in [5, 5.41) is 13.6. The number of hydrogen-bond acceptors (Lipinski definition) is 3. The molecular weight excluding hydrogens is 226 g/mol. The van der Waals surface area contributed by atoms with Crippen LogP contribution in [0, 0.1) is 0 Å². The molecule has 0 unspecified atom stereocenters. The summed E-state index contributed by atoms with van der Waals surface area (Å²) in [6.45, 7) is 4.15. The largest absolute Gasteiger partial charge is 0.494 e. The third-order valence-electron chi connectivity index (χ3n) is 3.53. The van der Waals surface area contributed by atoms with Crippen molar-refractivity contribution in [2.45, 2.75) is 44.8 Å². The highest BCUT2D eigenvalue weighted by Gasteiger charge is 2.30. The SMILES string of the molecule is CCOc1cccc(CNCC2(O)CCCC2)c1. The predicted octanol–water partition coefficient (Wildman–Crippen LogP) is 2.48. The maximum atomic E-state index is 10.2. The van der Waals surface area contributed by atoms with Crippen molar-refractivity contribution in [2.24, 2.45) is 0 Å². The van der Waals surface area contributed by atoms with Crippen LogP contribution in [0.3, 0.4) is 0 Å². The van der Waals surface area contributed by atoms with Gasteiger partial charge in [-0.1, -0.05) is 25.0 Å². The highest BCUT2D eigenvalue weighted by molar-refractivity contribution is 5.28. The van der Waals surface area contributed by atoms with Gasteiger partial charge < -0.3 is 15.2 Å². The van der Waals surface area contributed by atoms with Crippen molar-refractivity contribution in [1.29, 1.82) is 0 Å². The van der Waals surface area contributed by atoms with Gasteiger partial charge in [0.15, 0.2) is 0 Å². The molecule has 1 aliphatic rings. The zero-order valence-electron chi connectivity index (χ0n) is 11.1. The Balaban J connectivity index is 1.80. The second kappa shape index (κ2) is 6.21. The second-order valence-electron chi connectivity index (χ2n) is 5.12. The molecule has 3 nitrogen and oxygen atoms in total. The van der Waals surface area contributed by atoms with Crippen LogP contribution < -0.4 is 10.1 Å². The van der Waals surface area contributed by atoms with Crippen molar-refractivity contribution in [2.75, 3.05) is 13.2 Å². The molecule has 1 saturated carbocycles. The molecule has 3 heteroatoms. The molecule has 0 atom stereocenters. The predicted molar refractivity (Wildman–Crippen MR) is 72.7 cm³/mol. The topological polar surface area (TPSA) is 41.5 Å². The standard InChI is InChI=1S/C15H23NO2/c1-2-18-14-7-5-6-13(10-14)11-16-12-15(17)8-3-4-9-15/h5-7,10,16-17H,2-4,8-9,11-12H2,1H3. The van der Waals surface area contributed by atoms with Crippen LogP contribution in [0.2, 0.25) is 0 Å². The molecule has 100 valence electrons. The first-order chi connectivity index (χ1) is 8.72. The van der Waals surface area contributed by atoms with Gasteiger partial charge in [-0.25, -0.2) is 0 Å². The minimum atomic E-state index is -0.475. The molecule has 2 rings (SSSR count). The number of hydrogen-bond donors (Lipinski definition) is 2.